The number of nitrogens with one attached hydrogen (secondary N) is 1. The van der Waals surface area contributed by atoms with Gasteiger partial charge in [0.2, 0.25) is 5.91 Å². The Bertz CT molecular complexity index is 924. The quantitative estimate of drug-likeness (QED) is 0.665. The van der Waals surface area contributed by atoms with Crippen molar-refractivity contribution in [3.05, 3.63) is 96.1 Å². The molecule has 0 aliphatic heterocycles. The predicted molar refractivity (Wildman–Crippen MR) is 106 cm³/mol. The van der Waals surface area contributed by atoms with Gasteiger partial charge in [0.1, 0.15) is 5.82 Å². The molecule has 1 amide bonds. The molecule has 1 heterocycles. The van der Waals surface area contributed by atoms with Gasteiger partial charge in [0.25, 0.3) is 0 Å². The first-order valence-corrected chi connectivity index (χ1v) is 8.56. The summed E-state index contributed by atoms with van der Waals surface area (Å²) < 4.78 is 13.5. The average molecular weight is 361 g/mol. The van der Waals surface area contributed by atoms with Crippen LogP contribution >= 0.6 is 0 Å². The van der Waals surface area contributed by atoms with Crippen LogP contribution in [0.3, 0.4) is 0 Å². The van der Waals surface area contributed by atoms with E-state index in [0.717, 1.165) is 16.9 Å². The molecule has 2 aromatic carbocycles. The Kier molecular flexibility index (Phi) is 5.94. The Labute approximate surface area is 158 Å². The number of carbonyl (C=O) groups excluding carboxylic acids is 1. The van der Waals surface area contributed by atoms with Gasteiger partial charge < -0.3 is 10.2 Å². The van der Waals surface area contributed by atoms with Crippen molar-refractivity contribution in [1.82, 2.24) is 10.3 Å². The van der Waals surface area contributed by atoms with E-state index in [1.165, 1.54) is 18.2 Å². The lowest BCUT2D eigenvalue weighted by Gasteiger charge is -2.19. The van der Waals surface area contributed by atoms with Crippen LogP contribution in [-0.2, 0) is 11.3 Å². The molecule has 0 bridgehead atoms. The molecule has 0 spiro atoms. The van der Waals surface area contributed by atoms with Crippen molar-refractivity contribution in [2.75, 3.05) is 11.9 Å². The van der Waals surface area contributed by atoms with E-state index in [0.29, 0.717) is 12.1 Å². The van der Waals surface area contributed by atoms with Gasteiger partial charge in [-0.3, -0.25) is 9.78 Å². The largest absolute Gasteiger partial charge is 0.348 e. The van der Waals surface area contributed by atoms with Gasteiger partial charge in [-0.25, -0.2) is 4.39 Å². The number of halogens is 1. The Morgan fingerprint density at radius 2 is 1.70 bits per heavy atom. The highest BCUT2D eigenvalue weighted by atomic mass is 19.1. The Balaban J connectivity index is 1.56. The van der Waals surface area contributed by atoms with Crippen LogP contribution in [0.2, 0.25) is 0 Å². The second kappa shape index (κ2) is 8.76. The molecule has 0 radical (unpaired) electrons. The maximum atomic E-state index is 13.5. The monoisotopic (exact) mass is 361 g/mol. The van der Waals surface area contributed by atoms with Crippen molar-refractivity contribution in [1.29, 1.82) is 0 Å². The number of amides is 1. The van der Waals surface area contributed by atoms with Crippen LogP contribution in [0.15, 0.2) is 79.1 Å². The number of anilines is 2. The molecule has 0 saturated heterocycles. The lowest BCUT2D eigenvalue weighted by atomic mass is 10.2. The minimum Gasteiger partial charge on any atom is -0.348 e. The SMILES string of the molecule is CN(c1ccncc1)c1ccc(CNC(=O)/C=C/c2ccccc2F)cc1. The summed E-state index contributed by atoms with van der Waals surface area (Å²) >= 11 is 0. The molecule has 0 atom stereocenters. The fraction of sp³-hybridized carbons (Fsp3) is 0.0909. The summed E-state index contributed by atoms with van der Waals surface area (Å²) in [6.07, 6.45) is 6.32. The van der Waals surface area contributed by atoms with Gasteiger partial charge in [-0.2, -0.15) is 0 Å². The highest BCUT2D eigenvalue weighted by molar-refractivity contribution is 5.91. The number of rotatable bonds is 6. The van der Waals surface area contributed by atoms with Crippen LogP contribution < -0.4 is 10.2 Å². The number of hydrogen-bond donors (Lipinski definition) is 1. The number of benzene rings is 2. The molecule has 0 fully saturated rings. The zero-order valence-corrected chi connectivity index (χ0v) is 15.0. The number of carbonyl (C=O) groups is 1. The van der Waals surface area contributed by atoms with Gasteiger partial charge in [-0.1, -0.05) is 30.3 Å². The van der Waals surface area contributed by atoms with E-state index in [1.54, 1.807) is 30.6 Å². The van der Waals surface area contributed by atoms with E-state index < -0.39 is 0 Å². The number of pyridine rings is 1. The molecule has 3 aromatic rings. The Morgan fingerprint density at radius 1 is 1.04 bits per heavy atom. The standard InChI is InChI=1S/C22H20FN3O/c1-26(20-12-14-24-15-13-20)19-9-6-17(7-10-19)16-25-22(27)11-8-18-4-2-3-5-21(18)23/h2-15H,16H2,1H3,(H,25,27)/b11-8+. The number of aromatic nitrogens is 1. The fourth-order valence-electron chi connectivity index (χ4n) is 2.58. The van der Waals surface area contributed by atoms with Crippen molar-refractivity contribution >= 4 is 23.4 Å². The van der Waals surface area contributed by atoms with E-state index in [2.05, 4.69) is 15.2 Å². The normalized spacial score (nSPS) is 10.7. The van der Waals surface area contributed by atoms with Gasteiger partial charge in [0.15, 0.2) is 0 Å². The Hall–Kier alpha value is -3.47. The molecule has 0 aliphatic rings. The van der Waals surface area contributed by atoms with Crippen LogP contribution in [0.1, 0.15) is 11.1 Å². The second-order valence-electron chi connectivity index (χ2n) is 6.00. The maximum absolute atomic E-state index is 13.5. The molecule has 4 nitrogen and oxygen atoms in total. The average Bonchev–Trinajstić information content (AvgIpc) is 2.72. The summed E-state index contributed by atoms with van der Waals surface area (Å²) in [6.45, 7) is 0.402. The molecule has 0 unspecified atom stereocenters. The third-order valence-electron chi connectivity index (χ3n) is 4.16. The zero-order valence-electron chi connectivity index (χ0n) is 15.0. The van der Waals surface area contributed by atoms with Crippen molar-refractivity contribution < 1.29 is 9.18 Å². The van der Waals surface area contributed by atoms with Crippen molar-refractivity contribution in [2.24, 2.45) is 0 Å². The lowest BCUT2D eigenvalue weighted by molar-refractivity contribution is -0.116. The summed E-state index contributed by atoms with van der Waals surface area (Å²) in [7, 11) is 1.99. The lowest BCUT2D eigenvalue weighted by Crippen LogP contribution is -2.20. The van der Waals surface area contributed by atoms with Crippen LogP contribution in [0.5, 0.6) is 0 Å². The summed E-state index contributed by atoms with van der Waals surface area (Å²) in [6, 6.07) is 18.1. The van der Waals surface area contributed by atoms with Crippen molar-refractivity contribution in [2.45, 2.75) is 6.54 Å². The summed E-state index contributed by atoms with van der Waals surface area (Å²) in [5.74, 6) is -0.619. The molecule has 5 heteroatoms. The number of nitrogens with zero attached hydrogens (tertiary/aromatic N) is 2. The zero-order chi connectivity index (χ0) is 19.1. The van der Waals surface area contributed by atoms with Crippen LogP contribution in [0.25, 0.3) is 6.08 Å². The van der Waals surface area contributed by atoms with E-state index in [1.807, 2.05) is 43.4 Å². The number of hydrogen-bond acceptors (Lipinski definition) is 3. The second-order valence-corrected chi connectivity index (χ2v) is 6.00. The van der Waals surface area contributed by atoms with Gasteiger partial charge in [0, 0.05) is 49.0 Å². The van der Waals surface area contributed by atoms with Crippen LogP contribution in [-0.4, -0.2) is 17.9 Å². The summed E-state index contributed by atoms with van der Waals surface area (Å²) in [5, 5.41) is 2.80. The third kappa shape index (κ3) is 5.01. The van der Waals surface area contributed by atoms with Gasteiger partial charge in [-0.05, 0) is 42.0 Å². The molecule has 0 saturated carbocycles. The van der Waals surface area contributed by atoms with Gasteiger partial charge in [0.05, 0.1) is 0 Å². The van der Waals surface area contributed by atoms with Gasteiger partial charge >= 0.3 is 0 Å². The van der Waals surface area contributed by atoms with Crippen molar-refractivity contribution in [3.8, 4) is 0 Å². The van der Waals surface area contributed by atoms with E-state index >= 15 is 0 Å². The highest BCUT2D eigenvalue weighted by Crippen LogP contribution is 2.22. The summed E-state index contributed by atoms with van der Waals surface area (Å²) in [4.78, 5) is 18.0. The predicted octanol–water partition coefficient (Wildman–Crippen LogP) is 4.32. The first kappa shape index (κ1) is 18.3. The first-order valence-electron chi connectivity index (χ1n) is 8.56. The molecule has 3 rings (SSSR count). The maximum Gasteiger partial charge on any atom is 0.244 e. The minimum absolute atomic E-state index is 0.267. The first-order chi connectivity index (χ1) is 13.1. The minimum atomic E-state index is -0.351. The molecule has 27 heavy (non-hydrogen) atoms. The molecule has 136 valence electrons. The van der Waals surface area contributed by atoms with E-state index in [4.69, 9.17) is 0 Å². The molecule has 1 N–H and O–H groups in total. The summed E-state index contributed by atoms with van der Waals surface area (Å²) in [5.41, 5.74) is 3.45. The Morgan fingerprint density at radius 3 is 2.41 bits per heavy atom. The smallest absolute Gasteiger partial charge is 0.244 e. The van der Waals surface area contributed by atoms with Gasteiger partial charge in [-0.15, -0.1) is 0 Å². The molecular formula is C22H20FN3O. The van der Waals surface area contributed by atoms with Crippen LogP contribution in [0.4, 0.5) is 15.8 Å². The molecular weight excluding hydrogens is 341 g/mol. The highest BCUT2D eigenvalue weighted by Gasteiger charge is 2.04. The topological polar surface area (TPSA) is 45.2 Å². The molecule has 0 aliphatic carbocycles. The molecule has 1 aromatic heterocycles. The van der Waals surface area contributed by atoms with Crippen molar-refractivity contribution in [3.63, 3.8) is 0 Å². The third-order valence-corrected chi connectivity index (χ3v) is 4.16. The van der Waals surface area contributed by atoms with E-state index in [9.17, 15) is 9.18 Å². The van der Waals surface area contributed by atoms with E-state index in [-0.39, 0.29) is 11.7 Å². The fourth-order valence-corrected chi connectivity index (χ4v) is 2.58. The van der Waals surface area contributed by atoms with Crippen LogP contribution in [0, 0.1) is 5.82 Å².